The second-order valence-electron chi connectivity index (χ2n) is 3.36. The fourth-order valence-corrected chi connectivity index (χ4v) is 1.65. The molecule has 0 aromatic heterocycles. The number of hydrogen-bond acceptors (Lipinski definition) is 2. The molecule has 0 spiro atoms. The third-order valence-electron chi connectivity index (χ3n) is 2.32. The van der Waals surface area contributed by atoms with Gasteiger partial charge in [0.25, 0.3) is 0 Å². The summed E-state index contributed by atoms with van der Waals surface area (Å²) in [5.74, 6) is 0.355. The summed E-state index contributed by atoms with van der Waals surface area (Å²) in [4.78, 5) is 11.5. The lowest BCUT2D eigenvalue weighted by Gasteiger charge is -2.08. The number of carbonyl (C=O) groups is 1. The maximum Gasteiger partial charge on any atom is 0.246 e. The minimum atomic E-state index is -0.795. The van der Waals surface area contributed by atoms with E-state index < -0.39 is 23.6 Å². The van der Waals surface area contributed by atoms with Gasteiger partial charge in [0.15, 0.2) is 0 Å². The van der Waals surface area contributed by atoms with Gasteiger partial charge in [0.05, 0.1) is 12.2 Å². The first-order valence-corrected chi connectivity index (χ1v) is 4.60. The predicted octanol–water partition coefficient (Wildman–Crippen LogP) is 1.18. The first-order chi connectivity index (χ1) is 7.63. The van der Waals surface area contributed by atoms with Crippen LogP contribution < -0.4 is 10.6 Å². The van der Waals surface area contributed by atoms with E-state index in [9.17, 15) is 13.6 Å². The van der Waals surface area contributed by atoms with Gasteiger partial charge in [-0.15, -0.1) is 6.42 Å². The van der Waals surface area contributed by atoms with Crippen LogP contribution >= 0.6 is 0 Å². The van der Waals surface area contributed by atoms with Crippen LogP contribution in [0.5, 0.6) is 0 Å². The Balaban J connectivity index is 2.40. The summed E-state index contributed by atoms with van der Waals surface area (Å²) in [5.41, 5.74) is 0.263. The van der Waals surface area contributed by atoms with Crippen molar-refractivity contribution in [3.63, 3.8) is 0 Å². The number of anilines is 1. The Hall–Kier alpha value is -1.93. The minimum absolute atomic E-state index is 0.0147. The molecule has 1 aromatic rings. The third kappa shape index (κ3) is 1.64. The van der Waals surface area contributed by atoms with Crippen molar-refractivity contribution in [1.82, 2.24) is 5.32 Å². The second kappa shape index (κ2) is 3.91. The van der Waals surface area contributed by atoms with Crippen LogP contribution in [0.4, 0.5) is 14.5 Å². The minimum Gasteiger partial charge on any atom is -0.322 e. The highest BCUT2D eigenvalue weighted by molar-refractivity contribution is 6.02. The van der Waals surface area contributed by atoms with Gasteiger partial charge < -0.3 is 5.32 Å². The Morgan fingerprint density at radius 1 is 1.50 bits per heavy atom. The van der Waals surface area contributed by atoms with Gasteiger partial charge in [-0.1, -0.05) is 5.92 Å². The summed E-state index contributed by atoms with van der Waals surface area (Å²) >= 11 is 0. The normalized spacial score (nSPS) is 17.8. The van der Waals surface area contributed by atoms with E-state index in [0.717, 1.165) is 12.1 Å². The Kier molecular flexibility index (Phi) is 2.59. The number of nitrogens with one attached hydrogen (secondary N) is 2. The molecule has 3 nitrogen and oxygen atoms in total. The van der Waals surface area contributed by atoms with Gasteiger partial charge in [0.1, 0.15) is 17.7 Å². The topological polar surface area (TPSA) is 41.1 Å². The average Bonchev–Trinajstić information content (AvgIpc) is 2.53. The zero-order valence-electron chi connectivity index (χ0n) is 8.18. The number of fused-ring (bicyclic) bond motifs is 1. The first-order valence-electron chi connectivity index (χ1n) is 4.60. The van der Waals surface area contributed by atoms with E-state index in [1.54, 1.807) is 0 Å². The molecule has 16 heavy (non-hydrogen) atoms. The van der Waals surface area contributed by atoms with Gasteiger partial charge in [0, 0.05) is 11.6 Å². The van der Waals surface area contributed by atoms with Crippen molar-refractivity contribution in [2.45, 2.75) is 6.04 Å². The van der Waals surface area contributed by atoms with Crippen LogP contribution in [0.2, 0.25) is 0 Å². The highest BCUT2D eigenvalue weighted by Crippen LogP contribution is 2.33. The van der Waals surface area contributed by atoms with E-state index in [-0.39, 0.29) is 17.8 Å². The highest BCUT2D eigenvalue weighted by atomic mass is 19.1. The molecule has 1 aromatic carbocycles. The van der Waals surface area contributed by atoms with Crippen LogP contribution in [0.1, 0.15) is 11.6 Å². The molecule has 0 fully saturated rings. The Bertz CT molecular complexity index is 493. The Labute approximate surface area is 90.8 Å². The van der Waals surface area contributed by atoms with Gasteiger partial charge in [0.2, 0.25) is 5.91 Å². The zero-order chi connectivity index (χ0) is 11.7. The lowest BCUT2D eigenvalue weighted by molar-refractivity contribution is -0.117. The van der Waals surface area contributed by atoms with Crippen molar-refractivity contribution in [3.8, 4) is 12.3 Å². The van der Waals surface area contributed by atoms with Crippen molar-refractivity contribution in [1.29, 1.82) is 0 Å². The number of rotatable bonds is 2. The van der Waals surface area contributed by atoms with E-state index in [4.69, 9.17) is 6.42 Å². The molecule has 1 unspecified atom stereocenters. The fraction of sp³-hybridized carbons (Fsp3) is 0.182. The Morgan fingerprint density at radius 2 is 2.25 bits per heavy atom. The van der Waals surface area contributed by atoms with Gasteiger partial charge >= 0.3 is 0 Å². The molecule has 0 saturated heterocycles. The third-order valence-corrected chi connectivity index (χ3v) is 2.32. The summed E-state index contributed by atoms with van der Waals surface area (Å²) in [6.45, 7) is 0.148. The van der Waals surface area contributed by atoms with Crippen molar-refractivity contribution in [2.75, 3.05) is 11.9 Å². The average molecular weight is 222 g/mol. The number of carbonyl (C=O) groups excluding carboxylic acids is 1. The SMILES string of the molecule is C#CCNC1C(=O)Nc2c(F)cc(F)cc21. The largest absolute Gasteiger partial charge is 0.322 e. The van der Waals surface area contributed by atoms with Gasteiger partial charge in [-0.05, 0) is 6.07 Å². The molecule has 2 rings (SSSR count). The number of amides is 1. The van der Waals surface area contributed by atoms with Gasteiger partial charge in [-0.2, -0.15) is 0 Å². The molecule has 1 amide bonds. The quantitative estimate of drug-likeness (QED) is 0.738. The van der Waals surface area contributed by atoms with E-state index >= 15 is 0 Å². The molecular formula is C11H8F2N2O. The molecule has 0 saturated carbocycles. The number of benzene rings is 1. The van der Waals surface area contributed by atoms with Crippen molar-refractivity contribution >= 4 is 11.6 Å². The van der Waals surface area contributed by atoms with Crippen molar-refractivity contribution in [2.24, 2.45) is 0 Å². The zero-order valence-corrected chi connectivity index (χ0v) is 8.18. The molecule has 1 aliphatic heterocycles. The smallest absolute Gasteiger partial charge is 0.246 e. The maximum atomic E-state index is 13.3. The van der Waals surface area contributed by atoms with Crippen LogP contribution in [0, 0.1) is 24.0 Å². The summed E-state index contributed by atoms with van der Waals surface area (Å²) in [6, 6.07) is 1.05. The molecule has 1 aliphatic rings. The molecule has 5 heteroatoms. The molecule has 82 valence electrons. The monoisotopic (exact) mass is 222 g/mol. The first kappa shape index (κ1) is 10.6. The molecule has 0 aliphatic carbocycles. The molecule has 1 heterocycles. The predicted molar refractivity (Wildman–Crippen MR) is 54.6 cm³/mol. The summed E-state index contributed by atoms with van der Waals surface area (Å²) in [7, 11) is 0. The van der Waals surface area contributed by atoms with Crippen LogP contribution in [0.3, 0.4) is 0 Å². The highest BCUT2D eigenvalue weighted by Gasteiger charge is 2.32. The number of hydrogen-bond donors (Lipinski definition) is 2. The van der Waals surface area contributed by atoms with E-state index in [2.05, 4.69) is 16.6 Å². The lowest BCUT2D eigenvalue weighted by atomic mass is 10.1. The number of terminal acetylenes is 1. The van der Waals surface area contributed by atoms with Crippen molar-refractivity contribution < 1.29 is 13.6 Å². The summed E-state index contributed by atoms with van der Waals surface area (Å²) < 4.78 is 26.3. The van der Waals surface area contributed by atoms with Crippen LogP contribution in [-0.4, -0.2) is 12.5 Å². The molecule has 2 N–H and O–H groups in total. The van der Waals surface area contributed by atoms with Gasteiger partial charge in [-0.3, -0.25) is 10.1 Å². The molecule has 0 radical (unpaired) electrons. The van der Waals surface area contributed by atoms with Gasteiger partial charge in [-0.25, -0.2) is 8.78 Å². The molecular weight excluding hydrogens is 214 g/mol. The summed E-state index contributed by atoms with van der Waals surface area (Å²) in [6.07, 6.45) is 5.04. The fourth-order valence-electron chi connectivity index (χ4n) is 1.65. The Morgan fingerprint density at radius 3 is 2.94 bits per heavy atom. The number of halogens is 2. The van der Waals surface area contributed by atoms with Crippen LogP contribution in [0.25, 0.3) is 0 Å². The second-order valence-corrected chi connectivity index (χ2v) is 3.36. The molecule has 0 bridgehead atoms. The van der Waals surface area contributed by atoms with Crippen LogP contribution in [0.15, 0.2) is 12.1 Å². The van der Waals surface area contributed by atoms with E-state index in [1.165, 1.54) is 0 Å². The van der Waals surface area contributed by atoms with E-state index in [1.807, 2.05) is 0 Å². The summed E-state index contributed by atoms with van der Waals surface area (Å²) in [5, 5.41) is 5.05. The van der Waals surface area contributed by atoms with E-state index in [0.29, 0.717) is 0 Å². The lowest BCUT2D eigenvalue weighted by Crippen LogP contribution is -2.27. The van der Waals surface area contributed by atoms with Crippen molar-refractivity contribution in [3.05, 3.63) is 29.3 Å². The molecule has 1 atom stereocenters. The maximum absolute atomic E-state index is 13.3. The standard InChI is InChI=1S/C11H8F2N2O/c1-2-3-14-10-7-4-6(12)5-8(13)9(7)15-11(10)16/h1,4-5,10,14H,3H2,(H,15,16). The van der Waals surface area contributed by atoms with Crippen LogP contribution in [-0.2, 0) is 4.79 Å².